The highest BCUT2D eigenvalue weighted by molar-refractivity contribution is 5.91. The van der Waals surface area contributed by atoms with E-state index in [-0.39, 0.29) is 24.4 Å². The first-order valence-corrected chi connectivity index (χ1v) is 8.73. The van der Waals surface area contributed by atoms with Gasteiger partial charge in [-0.25, -0.2) is 0 Å². The van der Waals surface area contributed by atoms with Gasteiger partial charge in [-0.05, 0) is 36.2 Å². The van der Waals surface area contributed by atoms with Crippen molar-refractivity contribution in [3.63, 3.8) is 0 Å². The molecule has 0 fully saturated rings. The summed E-state index contributed by atoms with van der Waals surface area (Å²) in [5.41, 5.74) is 0.745. The summed E-state index contributed by atoms with van der Waals surface area (Å²) >= 11 is 0. The van der Waals surface area contributed by atoms with E-state index < -0.39 is 6.04 Å². The Kier molecular flexibility index (Phi) is 4.53. The number of amides is 1. The highest BCUT2D eigenvalue weighted by atomic mass is 16.7. The number of aromatic nitrogens is 2. The van der Waals surface area contributed by atoms with Crippen LogP contribution in [-0.2, 0) is 0 Å². The van der Waals surface area contributed by atoms with Crippen molar-refractivity contribution in [3.05, 3.63) is 48.2 Å². The third-order valence-electron chi connectivity index (χ3n) is 4.58. The zero-order chi connectivity index (χ0) is 18.8. The molecule has 3 heterocycles. The first kappa shape index (κ1) is 17.1. The maximum Gasteiger partial charge on any atom is 0.287 e. The fourth-order valence-electron chi connectivity index (χ4n) is 2.82. The molecular weight excluding hydrogens is 350 g/mol. The van der Waals surface area contributed by atoms with Crippen LogP contribution in [0.1, 0.15) is 42.8 Å². The number of benzene rings is 1. The normalized spacial score (nSPS) is 14.7. The van der Waals surface area contributed by atoms with Gasteiger partial charge in [0.25, 0.3) is 5.91 Å². The Labute approximate surface area is 155 Å². The van der Waals surface area contributed by atoms with E-state index in [2.05, 4.69) is 15.5 Å². The Hall–Kier alpha value is -3.29. The molecule has 0 bridgehead atoms. The molecule has 8 heteroatoms. The minimum Gasteiger partial charge on any atom is -0.459 e. The van der Waals surface area contributed by atoms with Gasteiger partial charge in [0.15, 0.2) is 17.3 Å². The molecule has 1 aromatic carbocycles. The van der Waals surface area contributed by atoms with Crippen LogP contribution in [-0.4, -0.2) is 22.8 Å². The molecule has 1 aliphatic heterocycles. The molecule has 8 nitrogen and oxygen atoms in total. The van der Waals surface area contributed by atoms with Gasteiger partial charge in [0.05, 0.1) is 6.26 Å². The van der Waals surface area contributed by atoms with E-state index in [9.17, 15) is 4.79 Å². The zero-order valence-corrected chi connectivity index (χ0v) is 15.0. The molecule has 0 radical (unpaired) electrons. The van der Waals surface area contributed by atoms with Gasteiger partial charge in [-0.3, -0.25) is 4.79 Å². The van der Waals surface area contributed by atoms with Gasteiger partial charge in [0.2, 0.25) is 18.5 Å². The van der Waals surface area contributed by atoms with Gasteiger partial charge in [-0.1, -0.05) is 25.4 Å². The highest BCUT2D eigenvalue weighted by Gasteiger charge is 2.28. The summed E-state index contributed by atoms with van der Waals surface area (Å²) < 4.78 is 21.3. The lowest BCUT2D eigenvalue weighted by atomic mass is 9.99. The van der Waals surface area contributed by atoms with E-state index in [4.69, 9.17) is 18.4 Å². The van der Waals surface area contributed by atoms with Crippen molar-refractivity contribution in [2.45, 2.75) is 26.3 Å². The van der Waals surface area contributed by atoms with E-state index in [1.54, 1.807) is 24.3 Å². The Bertz CT molecular complexity index is 935. The van der Waals surface area contributed by atoms with Crippen LogP contribution in [0.4, 0.5) is 0 Å². The van der Waals surface area contributed by atoms with Crippen molar-refractivity contribution in [3.8, 4) is 22.9 Å². The Morgan fingerprint density at radius 3 is 2.89 bits per heavy atom. The number of rotatable bonds is 6. The number of carbonyl (C=O) groups is 1. The van der Waals surface area contributed by atoms with E-state index in [0.717, 1.165) is 12.0 Å². The molecule has 27 heavy (non-hydrogen) atoms. The van der Waals surface area contributed by atoms with Crippen molar-refractivity contribution >= 4 is 5.91 Å². The summed E-state index contributed by atoms with van der Waals surface area (Å²) in [5.74, 6) is 2.09. The summed E-state index contributed by atoms with van der Waals surface area (Å²) in [7, 11) is 0. The van der Waals surface area contributed by atoms with Crippen molar-refractivity contribution in [1.82, 2.24) is 15.5 Å². The van der Waals surface area contributed by atoms with Crippen molar-refractivity contribution in [2.24, 2.45) is 5.92 Å². The molecule has 2 aromatic heterocycles. The number of hydrogen-bond acceptors (Lipinski definition) is 7. The Balaban J connectivity index is 1.59. The van der Waals surface area contributed by atoms with E-state index in [1.165, 1.54) is 6.26 Å². The minimum absolute atomic E-state index is 0.0916. The van der Waals surface area contributed by atoms with E-state index >= 15 is 0 Å². The van der Waals surface area contributed by atoms with E-state index in [1.807, 2.05) is 19.9 Å². The molecule has 0 spiro atoms. The smallest absolute Gasteiger partial charge is 0.287 e. The number of furan rings is 1. The second-order valence-electron chi connectivity index (χ2n) is 6.34. The zero-order valence-electron chi connectivity index (χ0n) is 15.0. The predicted molar refractivity (Wildman–Crippen MR) is 94.2 cm³/mol. The summed E-state index contributed by atoms with van der Waals surface area (Å²) in [6, 6.07) is 8.28. The van der Waals surface area contributed by atoms with Crippen LogP contribution in [0.5, 0.6) is 11.5 Å². The average molecular weight is 369 g/mol. The third-order valence-corrected chi connectivity index (χ3v) is 4.58. The molecule has 2 unspecified atom stereocenters. The van der Waals surface area contributed by atoms with Gasteiger partial charge in [-0.2, -0.15) is 4.98 Å². The molecule has 1 amide bonds. The number of nitrogens with one attached hydrogen (secondary N) is 1. The third kappa shape index (κ3) is 3.38. The standard InChI is InChI=1S/C19H19N3O5/c1-3-11(2)16(20-18(23)14-5-4-8-24-14)19-21-17(22-27-19)12-6-7-13-15(9-12)26-10-25-13/h4-9,11,16H,3,10H2,1-2H3,(H,20,23). The molecule has 0 saturated heterocycles. The second kappa shape index (κ2) is 7.14. The Morgan fingerprint density at radius 2 is 2.11 bits per heavy atom. The summed E-state index contributed by atoms with van der Waals surface area (Å²) in [6.07, 6.45) is 2.28. The summed E-state index contributed by atoms with van der Waals surface area (Å²) in [4.78, 5) is 16.9. The van der Waals surface area contributed by atoms with Crippen molar-refractivity contribution < 1.29 is 23.2 Å². The predicted octanol–water partition coefficient (Wildman–Crippen LogP) is 3.58. The van der Waals surface area contributed by atoms with Crippen molar-refractivity contribution in [1.29, 1.82) is 0 Å². The minimum atomic E-state index is -0.428. The van der Waals surface area contributed by atoms with Crippen LogP contribution in [0, 0.1) is 5.92 Å². The Morgan fingerprint density at radius 1 is 1.26 bits per heavy atom. The molecule has 2 atom stereocenters. The molecule has 1 aliphatic rings. The van der Waals surface area contributed by atoms with Gasteiger partial charge in [0, 0.05) is 5.56 Å². The number of nitrogens with zero attached hydrogens (tertiary/aromatic N) is 2. The molecule has 1 N–H and O–H groups in total. The maximum atomic E-state index is 12.4. The van der Waals surface area contributed by atoms with Gasteiger partial charge in [0.1, 0.15) is 6.04 Å². The number of ether oxygens (including phenoxy) is 2. The lowest BCUT2D eigenvalue weighted by Crippen LogP contribution is -2.32. The van der Waals surface area contributed by atoms with Crippen LogP contribution in [0.15, 0.2) is 45.5 Å². The van der Waals surface area contributed by atoms with Gasteiger partial charge in [-0.15, -0.1) is 0 Å². The quantitative estimate of drug-likeness (QED) is 0.709. The van der Waals surface area contributed by atoms with Crippen LogP contribution in [0.2, 0.25) is 0 Å². The largest absolute Gasteiger partial charge is 0.459 e. The maximum absolute atomic E-state index is 12.4. The molecule has 0 aliphatic carbocycles. The number of carbonyl (C=O) groups excluding carboxylic acids is 1. The SMILES string of the molecule is CCC(C)C(NC(=O)c1ccco1)c1nc(-c2ccc3c(c2)OCO3)no1. The first-order chi connectivity index (χ1) is 13.2. The van der Waals surface area contributed by atoms with E-state index in [0.29, 0.717) is 23.2 Å². The number of hydrogen-bond donors (Lipinski definition) is 1. The summed E-state index contributed by atoms with van der Waals surface area (Å²) in [5, 5.41) is 6.98. The van der Waals surface area contributed by atoms with Crippen LogP contribution >= 0.6 is 0 Å². The van der Waals surface area contributed by atoms with Crippen LogP contribution in [0.3, 0.4) is 0 Å². The monoisotopic (exact) mass is 369 g/mol. The lowest BCUT2D eigenvalue weighted by molar-refractivity contribution is 0.0882. The fourth-order valence-corrected chi connectivity index (χ4v) is 2.82. The average Bonchev–Trinajstić information content (AvgIpc) is 3.45. The first-order valence-electron chi connectivity index (χ1n) is 8.73. The van der Waals surface area contributed by atoms with Crippen molar-refractivity contribution in [2.75, 3.05) is 6.79 Å². The number of fused-ring (bicyclic) bond motifs is 1. The van der Waals surface area contributed by atoms with Crippen LogP contribution in [0.25, 0.3) is 11.4 Å². The molecule has 140 valence electrons. The van der Waals surface area contributed by atoms with Gasteiger partial charge < -0.3 is 23.7 Å². The molecule has 0 saturated carbocycles. The topological polar surface area (TPSA) is 99.6 Å². The van der Waals surface area contributed by atoms with Crippen LogP contribution < -0.4 is 14.8 Å². The molecular formula is C19H19N3O5. The fraction of sp³-hybridized carbons (Fsp3) is 0.316. The summed E-state index contributed by atoms with van der Waals surface area (Å²) in [6.45, 7) is 4.24. The molecule has 4 rings (SSSR count). The lowest BCUT2D eigenvalue weighted by Gasteiger charge is -2.20. The molecule has 3 aromatic rings. The second-order valence-corrected chi connectivity index (χ2v) is 6.34. The highest BCUT2D eigenvalue weighted by Crippen LogP contribution is 2.35. The van der Waals surface area contributed by atoms with Gasteiger partial charge >= 0.3 is 0 Å².